The molecule has 18 heavy (non-hydrogen) atoms. The molecule has 1 heterocycles. The quantitative estimate of drug-likeness (QED) is 0.848. The predicted octanol–water partition coefficient (Wildman–Crippen LogP) is 3.02. The summed E-state index contributed by atoms with van der Waals surface area (Å²) in [6.45, 7) is 1.24. The van der Waals surface area contributed by atoms with Gasteiger partial charge in [0.2, 0.25) is 0 Å². The van der Waals surface area contributed by atoms with Crippen molar-refractivity contribution in [1.29, 1.82) is 0 Å². The molecule has 0 unspecified atom stereocenters. The van der Waals surface area contributed by atoms with Crippen LogP contribution < -0.4 is 0 Å². The lowest BCUT2D eigenvalue weighted by atomic mass is 10.2. The van der Waals surface area contributed by atoms with E-state index in [1.807, 2.05) is 16.8 Å². The molecule has 0 aliphatic rings. The number of rotatable bonds is 5. The van der Waals surface area contributed by atoms with Crippen molar-refractivity contribution in [1.82, 2.24) is 9.55 Å². The Morgan fingerprint density at radius 2 is 2.22 bits per heavy atom. The minimum atomic E-state index is -0.238. The summed E-state index contributed by atoms with van der Waals surface area (Å²) in [5.41, 5.74) is 0.901. The van der Waals surface area contributed by atoms with Crippen molar-refractivity contribution in [2.75, 3.05) is 13.7 Å². The van der Waals surface area contributed by atoms with E-state index in [0.717, 1.165) is 22.3 Å². The van der Waals surface area contributed by atoms with E-state index in [1.54, 1.807) is 13.3 Å². The molecule has 0 aliphatic heterocycles. The zero-order valence-electron chi connectivity index (χ0n) is 10.1. The minimum Gasteiger partial charge on any atom is -0.384 e. The average Bonchev–Trinajstić information content (AvgIpc) is 2.72. The number of methoxy groups -OCH3 is 1. The van der Waals surface area contributed by atoms with Gasteiger partial charge in [0.1, 0.15) is 11.6 Å². The van der Waals surface area contributed by atoms with Crippen LogP contribution in [0.25, 0.3) is 0 Å². The highest BCUT2D eigenvalue weighted by Gasteiger charge is 2.05. The Kier molecular flexibility index (Phi) is 4.49. The smallest absolute Gasteiger partial charge is 0.124 e. The van der Waals surface area contributed by atoms with Gasteiger partial charge in [-0.05, 0) is 23.8 Å². The molecule has 0 radical (unpaired) electrons. The molecular weight excluding hydrogens is 299 g/mol. The Balaban J connectivity index is 2.15. The lowest BCUT2D eigenvalue weighted by Crippen LogP contribution is -2.07. The van der Waals surface area contributed by atoms with Gasteiger partial charge in [-0.15, -0.1) is 0 Å². The van der Waals surface area contributed by atoms with Gasteiger partial charge < -0.3 is 9.30 Å². The van der Waals surface area contributed by atoms with Gasteiger partial charge in [0.15, 0.2) is 0 Å². The second kappa shape index (κ2) is 6.11. The molecule has 1 aromatic heterocycles. The van der Waals surface area contributed by atoms with E-state index in [0.29, 0.717) is 13.2 Å². The van der Waals surface area contributed by atoms with Crippen LogP contribution in [0.4, 0.5) is 4.39 Å². The van der Waals surface area contributed by atoms with Gasteiger partial charge in [0, 0.05) is 36.9 Å². The topological polar surface area (TPSA) is 27.1 Å². The maximum Gasteiger partial charge on any atom is 0.124 e. The summed E-state index contributed by atoms with van der Waals surface area (Å²) in [5.74, 6) is 0.704. The normalized spacial score (nSPS) is 10.8. The lowest BCUT2D eigenvalue weighted by Gasteiger charge is -2.08. The summed E-state index contributed by atoms with van der Waals surface area (Å²) in [5, 5.41) is 0. The van der Waals surface area contributed by atoms with Crippen LogP contribution in [0.5, 0.6) is 0 Å². The number of ether oxygens (including phenoxy) is 1. The van der Waals surface area contributed by atoms with E-state index in [2.05, 4.69) is 20.9 Å². The van der Waals surface area contributed by atoms with Crippen LogP contribution in [-0.4, -0.2) is 23.3 Å². The van der Waals surface area contributed by atoms with Gasteiger partial charge in [-0.1, -0.05) is 15.9 Å². The molecule has 3 nitrogen and oxygen atoms in total. The third-order valence-electron chi connectivity index (χ3n) is 2.61. The van der Waals surface area contributed by atoms with E-state index < -0.39 is 0 Å². The average molecular weight is 313 g/mol. The van der Waals surface area contributed by atoms with Crippen molar-refractivity contribution in [2.45, 2.75) is 13.0 Å². The Hall–Kier alpha value is -1.20. The van der Waals surface area contributed by atoms with Crippen LogP contribution in [0.1, 0.15) is 11.4 Å². The first-order valence-corrected chi connectivity index (χ1v) is 6.42. The first kappa shape index (κ1) is 13.2. The Bertz CT molecular complexity index is 507. The largest absolute Gasteiger partial charge is 0.384 e. The van der Waals surface area contributed by atoms with Crippen molar-refractivity contribution < 1.29 is 9.13 Å². The SMILES string of the molecule is COCCc1nccn1Cc1cc(F)cc(Br)c1. The minimum absolute atomic E-state index is 0.238. The van der Waals surface area contributed by atoms with E-state index >= 15 is 0 Å². The maximum atomic E-state index is 13.3. The number of hydrogen-bond donors (Lipinski definition) is 0. The van der Waals surface area contributed by atoms with Crippen molar-refractivity contribution in [3.8, 4) is 0 Å². The summed E-state index contributed by atoms with van der Waals surface area (Å²) in [6, 6.07) is 4.89. The fraction of sp³-hybridized carbons (Fsp3) is 0.308. The summed E-state index contributed by atoms with van der Waals surface area (Å²) >= 11 is 3.29. The molecule has 2 aromatic rings. The molecule has 0 bridgehead atoms. The molecule has 2 rings (SSSR count). The molecule has 1 aromatic carbocycles. The second-order valence-corrected chi connectivity index (χ2v) is 4.91. The van der Waals surface area contributed by atoms with E-state index in [4.69, 9.17) is 4.74 Å². The fourth-order valence-electron chi connectivity index (χ4n) is 1.80. The van der Waals surface area contributed by atoms with Crippen LogP contribution in [0.2, 0.25) is 0 Å². The monoisotopic (exact) mass is 312 g/mol. The predicted molar refractivity (Wildman–Crippen MR) is 71.0 cm³/mol. The van der Waals surface area contributed by atoms with Crippen molar-refractivity contribution >= 4 is 15.9 Å². The number of benzene rings is 1. The van der Waals surface area contributed by atoms with Crippen LogP contribution in [0, 0.1) is 5.82 Å². The van der Waals surface area contributed by atoms with Gasteiger partial charge in [0.25, 0.3) is 0 Å². The maximum absolute atomic E-state index is 13.3. The molecule has 96 valence electrons. The van der Waals surface area contributed by atoms with Gasteiger partial charge in [-0.3, -0.25) is 0 Å². The highest BCUT2D eigenvalue weighted by molar-refractivity contribution is 9.10. The highest BCUT2D eigenvalue weighted by Crippen LogP contribution is 2.16. The van der Waals surface area contributed by atoms with Crippen LogP contribution >= 0.6 is 15.9 Å². The first-order chi connectivity index (χ1) is 8.69. The van der Waals surface area contributed by atoms with E-state index in [9.17, 15) is 4.39 Å². The van der Waals surface area contributed by atoms with Gasteiger partial charge in [-0.25, -0.2) is 9.37 Å². The second-order valence-electron chi connectivity index (χ2n) is 3.99. The van der Waals surface area contributed by atoms with Crippen molar-refractivity contribution in [3.63, 3.8) is 0 Å². The Labute approximate surface area is 114 Å². The summed E-state index contributed by atoms with van der Waals surface area (Å²) in [7, 11) is 1.66. The van der Waals surface area contributed by atoms with E-state index in [1.165, 1.54) is 12.1 Å². The Morgan fingerprint density at radius 3 is 2.94 bits per heavy atom. The first-order valence-electron chi connectivity index (χ1n) is 5.63. The fourth-order valence-corrected chi connectivity index (χ4v) is 2.32. The molecule has 5 heteroatoms. The lowest BCUT2D eigenvalue weighted by molar-refractivity contribution is 0.199. The summed E-state index contributed by atoms with van der Waals surface area (Å²) < 4.78 is 21.1. The molecule has 0 amide bonds. The number of halogens is 2. The number of nitrogens with zero attached hydrogens (tertiary/aromatic N) is 2. The molecule has 0 fully saturated rings. The highest BCUT2D eigenvalue weighted by atomic mass is 79.9. The summed E-state index contributed by atoms with van der Waals surface area (Å²) in [6.07, 6.45) is 4.39. The number of aromatic nitrogens is 2. The molecule has 0 saturated heterocycles. The molecular formula is C13H14BrFN2O. The van der Waals surface area contributed by atoms with Crippen molar-refractivity contribution in [3.05, 3.63) is 52.3 Å². The third kappa shape index (κ3) is 3.40. The van der Waals surface area contributed by atoms with Crippen molar-refractivity contribution in [2.24, 2.45) is 0 Å². The zero-order chi connectivity index (χ0) is 13.0. The number of imidazole rings is 1. The molecule has 0 atom stereocenters. The van der Waals surface area contributed by atoms with E-state index in [-0.39, 0.29) is 5.82 Å². The van der Waals surface area contributed by atoms with Crippen LogP contribution in [0.3, 0.4) is 0 Å². The van der Waals surface area contributed by atoms with Crippen LogP contribution in [-0.2, 0) is 17.7 Å². The Morgan fingerprint density at radius 1 is 1.39 bits per heavy atom. The zero-order valence-corrected chi connectivity index (χ0v) is 11.7. The number of hydrogen-bond acceptors (Lipinski definition) is 2. The van der Waals surface area contributed by atoms with Gasteiger partial charge in [0.05, 0.1) is 6.61 Å². The van der Waals surface area contributed by atoms with Crippen LogP contribution in [0.15, 0.2) is 35.1 Å². The summed E-state index contributed by atoms with van der Waals surface area (Å²) in [4.78, 5) is 4.27. The molecule has 0 aliphatic carbocycles. The van der Waals surface area contributed by atoms with Gasteiger partial charge >= 0.3 is 0 Å². The third-order valence-corrected chi connectivity index (χ3v) is 3.06. The molecule has 0 N–H and O–H groups in total. The standard InChI is InChI=1S/C13H14BrFN2O/c1-18-5-2-13-16-3-4-17(13)9-10-6-11(14)8-12(15)7-10/h3-4,6-8H,2,5,9H2,1H3. The molecule has 0 saturated carbocycles. The van der Waals surface area contributed by atoms with Gasteiger partial charge in [-0.2, -0.15) is 0 Å². The molecule has 0 spiro atoms.